The van der Waals surface area contributed by atoms with Crippen LogP contribution in [0.2, 0.25) is 5.02 Å². The van der Waals surface area contributed by atoms with Gasteiger partial charge in [-0.15, -0.1) is 11.3 Å². The quantitative estimate of drug-likeness (QED) is 0.536. The van der Waals surface area contributed by atoms with Gasteiger partial charge in [0.15, 0.2) is 4.34 Å². The highest BCUT2D eigenvalue weighted by atomic mass is 35.5. The number of nitrogens with zero attached hydrogens (tertiary/aromatic N) is 3. The summed E-state index contributed by atoms with van der Waals surface area (Å²) < 4.78 is 28.9. The first-order valence-electron chi connectivity index (χ1n) is 8.95. The first-order valence-corrected chi connectivity index (χ1v) is 12.6. The largest absolute Gasteiger partial charge is 0.339 e. The Morgan fingerprint density at radius 1 is 1.07 bits per heavy atom. The number of rotatable bonds is 5. The summed E-state index contributed by atoms with van der Waals surface area (Å²) in [6.45, 7) is 1.32. The van der Waals surface area contributed by atoms with Crippen LogP contribution in [0.5, 0.6) is 0 Å². The Kier molecular flexibility index (Phi) is 6.12. The van der Waals surface area contributed by atoms with Crippen LogP contribution < -0.4 is 0 Å². The molecular formula is C19H18ClN3O3S3. The van der Waals surface area contributed by atoms with Gasteiger partial charge in [0.2, 0.25) is 15.9 Å². The minimum Gasteiger partial charge on any atom is -0.339 e. The van der Waals surface area contributed by atoms with Gasteiger partial charge in [-0.2, -0.15) is 4.31 Å². The van der Waals surface area contributed by atoms with Crippen LogP contribution in [0.15, 0.2) is 57.8 Å². The lowest BCUT2D eigenvalue weighted by Gasteiger charge is -2.34. The van der Waals surface area contributed by atoms with Crippen molar-refractivity contribution in [1.82, 2.24) is 14.2 Å². The summed E-state index contributed by atoms with van der Waals surface area (Å²) in [5, 5.41) is 0.491. The molecule has 0 radical (unpaired) electrons. The van der Waals surface area contributed by atoms with E-state index >= 15 is 0 Å². The topological polar surface area (TPSA) is 70.6 Å². The lowest BCUT2D eigenvalue weighted by Crippen LogP contribution is -2.50. The monoisotopic (exact) mass is 467 g/mol. The van der Waals surface area contributed by atoms with Crippen molar-refractivity contribution in [3.05, 3.63) is 53.6 Å². The molecular weight excluding hydrogens is 450 g/mol. The smallest absolute Gasteiger partial charge is 0.243 e. The number of carbonyl (C=O) groups is 1. The lowest BCUT2D eigenvalue weighted by molar-refractivity contribution is -0.129. The van der Waals surface area contributed by atoms with Crippen molar-refractivity contribution in [1.29, 1.82) is 0 Å². The third kappa shape index (κ3) is 4.59. The third-order valence-corrected chi connectivity index (χ3v) is 8.97. The SMILES string of the molecule is O=C(CSc1nc2ccccc2s1)N1CCN(S(=O)(=O)c2ccc(Cl)cc2)CC1. The summed E-state index contributed by atoms with van der Waals surface area (Å²) >= 11 is 8.84. The van der Waals surface area contributed by atoms with E-state index in [1.165, 1.54) is 28.2 Å². The zero-order chi connectivity index (χ0) is 20.4. The van der Waals surface area contributed by atoms with E-state index in [4.69, 9.17) is 11.6 Å². The van der Waals surface area contributed by atoms with E-state index in [9.17, 15) is 13.2 Å². The summed E-state index contributed by atoms with van der Waals surface area (Å²) in [5.41, 5.74) is 0.938. The molecule has 152 valence electrons. The molecule has 10 heteroatoms. The van der Waals surface area contributed by atoms with Gasteiger partial charge in [0.25, 0.3) is 0 Å². The molecule has 0 bridgehead atoms. The molecule has 29 heavy (non-hydrogen) atoms. The van der Waals surface area contributed by atoms with Crippen LogP contribution in [0.3, 0.4) is 0 Å². The van der Waals surface area contributed by atoms with Gasteiger partial charge in [0.1, 0.15) is 0 Å². The highest BCUT2D eigenvalue weighted by Crippen LogP contribution is 2.29. The number of thiazole rings is 1. The Labute approximate surface area is 182 Å². The molecule has 0 atom stereocenters. The van der Waals surface area contributed by atoms with Crippen LogP contribution in [0.4, 0.5) is 0 Å². The molecule has 1 aromatic heterocycles. The highest BCUT2D eigenvalue weighted by Gasteiger charge is 2.30. The zero-order valence-corrected chi connectivity index (χ0v) is 18.5. The Morgan fingerprint density at radius 3 is 2.45 bits per heavy atom. The Balaban J connectivity index is 1.32. The van der Waals surface area contributed by atoms with E-state index in [1.807, 2.05) is 24.3 Å². The maximum Gasteiger partial charge on any atom is 0.243 e. The fourth-order valence-corrected chi connectivity index (χ4v) is 6.58. The average molecular weight is 468 g/mol. The molecule has 0 unspecified atom stereocenters. The van der Waals surface area contributed by atoms with Gasteiger partial charge in [-0.05, 0) is 36.4 Å². The van der Waals surface area contributed by atoms with Crippen LogP contribution in [0.1, 0.15) is 0 Å². The Morgan fingerprint density at radius 2 is 1.76 bits per heavy atom. The third-order valence-electron chi connectivity index (χ3n) is 4.64. The summed E-state index contributed by atoms with van der Waals surface area (Å²) in [6, 6.07) is 14.0. The van der Waals surface area contributed by atoms with Gasteiger partial charge >= 0.3 is 0 Å². The normalized spacial score (nSPS) is 15.7. The molecule has 1 amide bonds. The molecule has 0 saturated carbocycles. The number of sulfonamides is 1. The Bertz CT molecular complexity index is 1090. The number of benzene rings is 2. The molecule has 0 aliphatic carbocycles. The van der Waals surface area contributed by atoms with Gasteiger partial charge in [-0.3, -0.25) is 4.79 Å². The standard InChI is InChI=1S/C19H18ClN3O3S3/c20-14-5-7-15(8-6-14)29(25,26)23-11-9-22(10-12-23)18(24)13-27-19-21-16-3-1-2-4-17(16)28-19/h1-8H,9-13H2. The van der Waals surface area contributed by atoms with Gasteiger partial charge < -0.3 is 4.90 Å². The van der Waals surface area contributed by atoms with Gasteiger partial charge in [-0.1, -0.05) is 35.5 Å². The predicted molar refractivity (Wildman–Crippen MR) is 117 cm³/mol. The number of fused-ring (bicyclic) bond motifs is 1. The van der Waals surface area contributed by atoms with Crippen LogP contribution >= 0.6 is 34.7 Å². The minimum atomic E-state index is -3.57. The number of piperazine rings is 1. The van der Waals surface area contributed by atoms with E-state index < -0.39 is 10.0 Å². The predicted octanol–water partition coefficient (Wildman–Crippen LogP) is 3.57. The highest BCUT2D eigenvalue weighted by molar-refractivity contribution is 8.01. The number of hydrogen-bond donors (Lipinski definition) is 0. The summed E-state index contributed by atoms with van der Waals surface area (Å²) in [6.07, 6.45) is 0. The number of halogens is 1. The molecule has 1 fully saturated rings. The van der Waals surface area contributed by atoms with Crippen molar-refractivity contribution in [2.75, 3.05) is 31.9 Å². The van der Waals surface area contributed by atoms with Crippen molar-refractivity contribution >= 4 is 60.8 Å². The summed E-state index contributed by atoms with van der Waals surface area (Å²) in [4.78, 5) is 19.0. The van der Waals surface area contributed by atoms with Gasteiger partial charge in [-0.25, -0.2) is 13.4 Å². The van der Waals surface area contributed by atoms with E-state index in [1.54, 1.807) is 28.4 Å². The molecule has 1 saturated heterocycles. The van der Waals surface area contributed by atoms with Crippen molar-refractivity contribution in [3.8, 4) is 0 Å². The molecule has 4 rings (SSSR count). The second-order valence-corrected chi connectivity index (χ2v) is 11.1. The van der Waals surface area contributed by atoms with E-state index in [-0.39, 0.29) is 23.9 Å². The number of para-hydroxylation sites is 1. The average Bonchev–Trinajstić information content (AvgIpc) is 3.15. The van der Waals surface area contributed by atoms with Crippen LogP contribution in [-0.2, 0) is 14.8 Å². The maximum absolute atomic E-state index is 12.7. The van der Waals surface area contributed by atoms with Crippen LogP contribution in [0.25, 0.3) is 10.2 Å². The number of hydrogen-bond acceptors (Lipinski definition) is 6. The summed E-state index contributed by atoms with van der Waals surface area (Å²) in [5.74, 6) is 0.293. The molecule has 6 nitrogen and oxygen atoms in total. The number of thioether (sulfide) groups is 1. The molecule has 0 N–H and O–H groups in total. The molecule has 2 aromatic carbocycles. The zero-order valence-electron chi connectivity index (χ0n) is 15.3. The number of carbonyl (C=O) groups excluding carboxylic acids is 1. The maximum atomic E-state index is 12.7. The van der Waals surface area contributed by atoms with E-state index in [0.29, 0.717) is 23.9 Å². The molecule has 1 aliphatic heterocycles. The van der Waals surface area contributed by atoms with E-state index in [0.717, 1.165) is 14.6 Å². The van der Waals surface area contributed by atoms with Crippen molar-refractivity contribution < 1.29 is 13.2 Å². The summed E-state index contributed by atoms with van der Waals surface area (Å²) in [7, 11) is -3.57. The van der Waals surface area contributed by atoms with Gasteiger partial charge in [0.05, 0.1) is 20.9 Å². The van der Waals surface area contributed by atoms with Crippen molar-refractivity contribution in [2.45, 2.75) is 9.24 Å². The van der Waals surface area contributed by atoms with Crippen molar-refractivity contribution in [3.63, 3.8) is 0 Å². The second kappa shape index (κ2) is 8.61. The molecule has 1 aliphatic rings. The molecule has 3 aromatic rings. The Hall–Kier alpha value is -1.65. The van der Waals surface area contributed by atoms with Gasteiger partial charge in [0, 0.05) is 31.2 Å². The van der Waals surface area contributed by atoms with Crippen molar-refractivity contribution in [2.24, 2.45) is 0 Å². The first kappa shape index (κ1) is 20.6. The molecule has 2 heterocycles. The number of amides is 1. The fourth-order valence-electron chi connectivity index (χ4n) is 3.06. The van der Waals surface area contributed by atoms with Crippen LogP contribution in [0, 0.1) is 0 Å². The number of aromatic nitrogens is 1. The minimum absolute atomic E-state index is 0.00204. The molecule has 0 spiro atoms. The lowest BCUT2D eigenvalue weighted by atomic mass is 10.3. The van der Waals surface area contributed by atoms with Crippen LogP contribution in [-0.4, -0.2) is 60.4 Å². The van der Waals surface area contributed by atoms with E-state index in [2.05, 4.69) is 4.98 Å². The second-order valence-electron chi connectivity index (χ2n) is 6.47. The fraction of sp³-hybridized carbons (Fsp3) is 0.263. The first-order chi connectivity index (χ1) is 13.9.